The fraction of sp³-hybridized carbons (Fsp3) is 0.400. The normalized spacial score (nSPS) is 9.69. The van der Waals surface area contributed by atoms with Crippen LogP contribution in [0.4, 0.5) is 5.82 Å². The highest BCUT2D eigenvalue weighted by atomic mass is 15.0. The molecule has 0 radical (unpaired) electrons. The highest BCUT2D eigenvalue weighted by Crippen LogP contribution is 2.10. The van der Waals surface area contributed by atoms with Gasteiger partial charge in [0.25, 0.3) is 0 Å². The number of nitrogens with zero attached hydrogens (tertiary/aromatic N) is 2. The van der Waals surface area contributed by atoms with Gasteiger partial charge in [-0.2, -0.15) is 0 Å². The Labute approximate surface area is 78.6 Å². The summed E-state index contributed by atoms with van der Waals surface area (Å²) in [5.74, 6) is 4.46. The molecule has 0 fully saturated rings. The molecule has 0 aliphatic heterocycles. The zero-order valence-corrected chi connectivity index (χ0v) is 7.91. The summed E-state index contributed by atoms with van der Waals surface area (Å²) in [6.07, 6.45) is 6.86. The minimum Gasteiger partial charge on any atom is -0.359 e. The molecule has 0 aromatic carbocycles. The van der Waals surface area contributed by atoms with Crippen molar-refractivity contribution in [3.8, 4) is 12.3 Å². The van der Waals surface area contributed by atoms with Crippen molar-refractivity contribution in [1.29, 1.82) is 0 Å². The van der Waals surface area contributed by atoms with Crippen LogP contribution in [0.5, 0.6) is 0 Å². The van der Waals surface area contributed by atoms with Gasteiger partial charge in [-0.15, -0.1) is 6.42 Å². The summed E-state index contributed by atoms with van der Waals surface area (Å²) in [5, 5.41) is 3.00. The van der Waals surface area contributed by atoms with Crippen molar-refractivity contribution >= 4 is 5.82 Å². The van der Waals surface area contributed by atoms with E-state index in [1.807, 2.05) is 6.07 Å². The van der Waals surface area contributed by atoms with Crippen molar-refractivity contribution in [1.82, 2.24) is 9.97 Å². The lowest BCUT2D eigenvalue weighted by molar-refractivity contribution is 0.775. The SMILES string of the molecule is C#CCNc1ccnc(C(C)C)n1. The number of hydrogen-bond acceptors (Lipinski definition) is 3. The van der Waals surface area contributed by atoms with Gasteiger partial charge in [0.15, 0.2) is 0 Å². The van der Waals surface area contributed by atoms with Gasteiger partial charge in [-0.1, -0.05) is 19.8 Å². The molecule has 0 spiro atoms. The van der Waals surface area contributed by atoms with E-state index < -0.39 is 0 Å². The molecule has 3 heteroatoms. The Kier molecular flexibility index (Phi) is 3.27. The molecule has 1 aromatic rings. The molecule has 0 atom stereocenters. The number of anilines is 1. The Bertz CT molecular complexity index is 312. The summed E-state index contributed by atoms with van der Waals surface area (Å²) >= 11 is 0. The molecule has 0 aliphatic carbocycles. The molecule has 0 saturated heterocycles. The fourth-order valence-electron chi connectivity index (χ4n) is 0.892. The van der Waals surface area contributed by atoms with Crippen LogP contribution < -0.4 is 5.32 Å². The molecule has 0 aliphatic rings. The van der Waals surface area contributed by atoms with Crippen LogP contribution in [0.2, 0.25) is 0 Å². The average molecular weight is 175 g/mol. The third-order valence-electron chi connectivity index (χ3n) is 1.56. The van der Waals surface area contributed by atoms with Crippen molar-refractivity contribution in [2.75, 3.05) is 11.9 Å². The molecule has 13 heavy (non-hydrogen) atoms. The molecule has 1 aromatic heterocycles. The second kappa shape index (κ2) is 4.46. The Morgan fingerprint density at radius 1 is 1.62 bits per heavy atom. The van der Waals surface area contributed by atoms with E-state index >= 15 is 0 Å². The molecule has 1 rings (SSSR count). The molecule has 1 heterocycles. The molecular formula is C10H13N3. The maximum Gasteiger partial charge on any atom is 0.133 e. The van der Waals surface area contributed by atoms with Gasteiger partial charge in [0, 0.05) is 12.1 Å². The van der Waals surface area contributed by atoms with E-state index in [1.165, 1.54) is 0 Å². The number of hydrogen-bond donors (Lipinski definition) is 1. The zero-order chi connectivity index (χ0) is 9.68. The third kappa shape index (κ3) is 2.75. The van der Waals surface area contributed by atoms with Crippen molar-refractivity contribution in [2.24, 2.45) is 0 Å². The number of nitrogens with one attached hydrogen (secondary N) is 1. The molecule has 1 N–H and O–H groups in total. The van der Waals surface area contributed by atoms with Gasteiger partial charge in [0.2, 0.25) is 0 Å². The predicted molar refractivity (Wildman–Crippen MR) is 53.4 cm³/mol. The van der Waals surface area contributed by atoms with Crippen LogP contribution in [0.25, 0.3) is 0 Å². The summed E-state index contributed by atoms with van der Waals surface area (Å²) in [7, 11) is 0. The van der Waals surface area contributed by atoms with Gasteiger partial charge < -0.3 is 5.32 Å². The molecule has 0 bridgehead atoms. The third-order valence-corrected chi connectivity index (χ3v) is 1.56. The number of terminal acetylenes is 1. The molecule has 3 nitrogen and oxygen atoms in total. The van der Waals surface area contributed by atoms with Gasteiger partial charge in [-0.3, -0.25) is 0 Å². The highest BCUT2D eigenvalue weighted by molar-refractivity contribution is 5.34. The smallest absolute Gasteiger partial charge is 0.133 e. The lowest BCUT2D eigenvalue weighted by Crippen LogP contribution is -2.04. The Balaban J connectivity index is 2.75. The first-order valence-corrected chi connectivity index (χ1v) is 4.24. The number of aromatic nitrogens is 2. The summed E-state index contributed by atoms with van der Waals surface area (Å²) in [6, 6.07) is 1.81. The van der Waals surface area contributed by atoms with E-state index in [0.717, 1.165) is 11.6 Å². The first kappa shape index (κ1) is 9.53. The molecule has 68 valence electrons. The van der Waals surface area contributed by atoms with Crippen molar-refractivity contribution in [3.63, 3.8) is 0 Å². The maximum absolute atomic E-state index is 5.12. The van der Waals surface area contributed by atoms with E-state index in [4.69, 9.17) is 6.42 Å². The van der Waals surface area contributed by atoms with Crippen LogP contribution in [0.3, 0.4) is 0 Å². The quantitative estimate of drug-likeness (QED) is 0.710. The highest BCUT2D eigenvalue weighted by Gasteiger charge is 2.02. The first-order chi connectivity index (χ1) is 6.24. The molecule has 0 amide bonds. The Morgan fingerprint density at radius 3 is 3.00 bits per heavy atom. The minimum atomic E-state index is 0.340. The van der Waals surface area contributed by atoms with Gasteiger partial charge in [0.1, 0.15) is 11.6 Å². The predicted octanol–water partition coefficient (Wildman–Crippen LogP) is 1.65. The monoisotopic (exact) mass is 175 g/mol. The van der Waals surface area contributed by atoms with E-state index in [1.54, 1.807) is 6.20 Å². The second-order valence-electron chi connectivity index (χ2n) is 3.01. The summed E-state index contributed by atoms with van der Waals surface area (Å²) in [5.41, 5.74) is 0. The van der Waals surface area contributed by atoms with Gasteiger partial charge >= 0.3 is 0 Å². The fourth-order valence-corrected chi connectivity index (χ4v) is 0.892. The Morgan fingerprint density at radius 2 is 2.38 bits per heavy atom. The second-order valence-corrected chi connectivity index (χ2v) is 3.01. The first-order valence-electron chi connectivity index (χ1n) is 4.24. The average Bonchev–Trinajstić information content (AvgIpc) is 2.15. The Hall–Kier alpha value is -1.56. The van der Waals surface area contributed by atoms with Crippen LogP contribution in [0.1, 0.15) is 25.6 Å². The standard InChI is InChI=1S/C10H13N3/c1-4-6-11-9-5-7-12-10(13-9)8(2)3/h1,5,7-8H,6H2,2-3H3,(H,11,12,13). The largest absolute Gasteiger partial charge is 0.359 e. The van der Waals surface area contributed by atoms with E-state index in [9.17, 15) is 0 Å². The summed E-state index contributed by atoms with van der Waals surface area (Å²) in [4.78, 5) is 8.44. The molecule has 0 saturated carbocycles. The van der Waals surface area contributed by atoms with E-state index in [0.29, 0.717) is 12.5 Å². The van der Waals surface area contributed by atoms with Crippen molar-refractivity contribution in [2.45, 2.75) is 19.8 Å². The van der Waals surface area contributed by atoms with Crippen LogP contribution in [0, 0.1) is 12.3 Å². The maximum atomic E-state index is 5.12. The van der Waals surface area contributed by atoms with E-state index in [-0.39, 0.29) is 0 Å². The topological polar surface area (TPSA) is 37.8 Å². The lowest BCUT2D eigenvalue weighted by atomic mass is 10.2. The van der Waals surface area contributed by atoms with Gasteiger partial charge in [-0.05, 0) is 6.07 Å². The van der Waals surface area contributed by atoms with Crippen LogP contribution in [0.15, 0.2) is 12.3 Å². The van der Waals surface area contributed by atoms with Gasteiger partial charge in [0.05, 0.1) is 6.54 Å². The van der Waals surface area contributed by atoms with Crippen LogP contribution >= 0.6 is 0 Å². The van der Waals surface area contributed by atoms with Crippen molar-refractivity contribution < 1.29 is 0 Å². The van der Waals surface area contributed by atoms with E-state index in [2.05, 4.69) is 35.1 Å². The zero-order valence-electron chi connectivity index (χ0n) is 7.91. The molecular weight excluding hydrogens is 162 g/mol. The summed E-state index contributed by atoms with van der Waals surface area (Å²) < 4.78 is 0. The number of rotatable bonds is 3. The van der Waals surface area contributed by atoms with Crippen LogP contribution in [-0.4, -0.2) is 16.5 Å². The van der Waals surface area contributed by atoms with Gasteiger partial charge in [-0.25, -0.2) is 9.97 Å². The van der Waals surface area contributed by atoms with Crippen LogP contribution in [-0.2, 0) is 0 Å². The van der Waals surface area contributed by atoms with Crippen molar-refractivity contribution in [3.05, 3.63) is 18.1 Å². The summed E-state index contributed by atoms with van der Waals surface area (Å²) in [6.45, 7) is 4.61. The lowest BCUT2D eigenvalue weighted by Gasteiger charge is -2.05. The molecule has 0 unspecified atom stereocenters. The minimum absolute atomic E-state index is 0.340.